The molecule has 0 aromatic heterocycles. The van der Waals surface area contributed by atoms with E-state index in [1.54, 1.807) is 0 Å². The molecule has 98 valence electrons. The van der Waals surface area contributed by atoms with Crippen LogP contribution in [-0.4, -0.2) is 25.2 Å². The van der Waals surface area contributed by atoms with Gasteiger partial charge in [0.2, 0.25) is 0 Å². The van der Waals surface area contributed by atoms with Gasteiger partial charge in [0.25, 0.3) is 0 Å². The normalized spacial score (nSPS) is 22.7. The molecule has 0 atom stereocenters. The van der Waals surface area contributed by atoms with Crippen molar-refractivity contribution in [2.75, 3.05) is 24.5 Å². The van der Waals surface area contributed by atoms with E-state index in [0.717, 1.165) is 13.1 Å². The first-order chi connectivity index (χ1) is 8.69. The maximum atomic E-state index is 3.77. The Morgan fingerprint density at radius 2 is 2.06 bits per heavy atom. The van der Waals surface area contributed by atoms with Crippen LogP contribution in [0.5, 0.6) is 0 Å². The molecule has 1 aliphatic carbocycles. The van der Waals surface area contributed by atoms with Gasteiger partial charge in [-0.1, -0.05) is 12.8 Å². The molecule has 2 nitrogen and oxygen atoms in total. The minimum atomic E-state index is 0.400. The van der Waals surface area contributed by atoms with Crippen LogP contribution in [0.2, 0.25) is 0 Å². The average Bonchev–Trinajstić information content (AvgIpc) is 2.81. The van der Waals surface area contributed by atoms with Crippen LogP contribution < -0.4 is 10.2 Å². The van der Waals surface area contributed by atoms with Crippen molar-refractivity contribution in [3.63, 3.8) is 0 Å². The number of benzene rings is 1. The minimum Gasteiger partial charge on any atom is -0.368 e. The van der Waals surface area contributed by atoms with Gasteiger partial charge in [-0.05, 0) is 69.6 Å². The molecule has 1 spiro atoms. The smallest absolute Gasteiger partial charge is 0.0378 e. The van der Waals surface area contributed by atoms with Crippen molar-refractivity contribution >= 4 is 44.2 Å². The van der Waals surface area contributed by atoms with E-state index in [9.17, 15) is 0 Å². The summed E-state index contributed by atoms with van der Waals surface area (Å²) in [5.41, 5.74) is 1.77. The topological polar surface area (TPSA) is 15.3 Å². The van der Waals surface area contributed by atoms with E-state index >= 15 is 0 Å². The quantitative estimate of drug-likeness (QED) is 0.695. The van der Waals surface area contributed by atoms with Crippen molar-refractivity contribution in [1.29, 1.82) is 0 Å². The molecule has 1 N–H and O–H groups in total. The van der Waals surface area contributed by atoms with Crippen LogP contribution in [0.25, 0.3) is 0 Å². The maximum absolute atomic E-state index is 3.77. The third kappa shape index (κ3) is 2.56. The first-order valence-corrected chi connectivity index (χ1v) is 8.51. The Hall–Kier alpha value is 0.190. The number of hydrogen-bond donors (Lipinski definition) is 1. The molecule has 2 aliphatic rings. The lowest BCUT2D eigenvalue weighted by Crippen LogP contribution is -2.59. The van der Waals surface area contributed by atoms with Gasteiger partial charge in [-0.25, -0.2) is 0 Å². The largest absolute Gasteiger partial charge is 0.368 e. The van der Waals surface area contributed by atoms with E-state index < -0.39 is 0 Å². The highest BCUT2D eigenvalue weighted by Crippen LogP contribution is 2.34. The predicted molar refractivity (Wildman–Crippen MR) is 88.3 cm³/mol. The van der Waals surface area contributed by atoms with Crippen molar-refractivity contribution in [1.82, 2.24) is 5.32 Å². The van der Waals surface area contributed by atoms with Gasteiger partial charge >= 0.3 is 0 Å². The molecule has 1 saturated carbocycles. The van der Waals surface area contributed by atoms with Gasteiger partial charge in [-0.3, -0.25) is 0 Å². The summed E-state index contributed by atoms with van der Waals surface area (Å²) in [6, 6.07) is 6.69. The summed E-state index contributed by atoms with van der Waals surface area (Å²) in [7, 11) is 0. The lowest BCUT2D eigenvalue weighted by molar-refractivity contribution is 0.304. The molecule has 18 heavy (non-hydrogen) atoms. The highest BCUT2D eigenvalue weighted by molar-refractivity contribution is 14.1. The molecule has 1 aromatic rings. The summed E-state index contributed by atoms with van der Waals surface area (Å²) >= 11 is 5.97. The van der Waals surface area contributed by atoms with Crippen LogP contribution in [-0.2, 0) is 0 Å². The second kappa shape index (κ2) is 5.29. The van der Waals surface area contributed by atoms with Crippen LogP contribution >= 0.6 is 38.5 Å². The van der Waals surface area contributed by atoms with Gasteiger partial charge < -0.3 is 10.2 Å². The standard InChI is InChI=1S/C14H18BrIN2/c15-12-4-3-11(9-13(12)16)18-8-7-17-14(10-18)5-1-2-6-14/h3-4,9,17H,1-2,5-8,10H2. The van der Waals surface area contributed by atoms with Gasteiger partial charge in [-0.15, -0.1) is 0 Å². The summed E-state index contributed by atoms with van der Waals surface area (Å²) in [4.78, 5) is 2.55. The Bertz CT molecular complexity index is 443. The zero-order chi connectivity index (χ0) is 12.6. The molecule has 4 heteroatoms. The predicted octanol–water partition coefficient (Wildman–Crippen LogP) is 3.78. The lowest BCUT2D eigenvalue weighted by Gasteiger charge is -2.42. The second-order valence-electron chi connectivity index (χ2n) is 5.43. The lowest BCUT2D eigenvalue weighted by atomic mass is 9.94. The zero-order valence-corrected chi connectivity index (χ0v) is 14.1. The SMILES string of the molecule is Brc1ccc(N2CCNC3(CCCC3)C2)cc1I. The number of nitrogens with zero attached hydrogens (tertiary/aromatic N) is 1. The van der Waals surface area contributed by atoms with E-state index in [-0.39, 0.29) is 0 Å². The number of halogens is 2. The Labute approximate surface area is 131 Å². The van der Waals surface area contributed by atoms with Crippen molar-refractivity contribution in [3.05, 3.63) is 26.2 Å². The fourth-order valence-corrected chi connectivity index (χ4v) is 3.99. The summed E-state index contributed by atoms with van der Waals surface area (Å²) in [5, 5.41) is 3.77. The van der Waals surface area contributed by atoms with E-state index in [4.69, 9.17) is 0 Å². The van der Waals surface area contributed by atoms with Gasteiger partial charge in [0.15, 0.2) is 0 Å². The third-order valence-corrected chi connectivity index (χ3v) is 6.53. The fraction of sp³-hybridized carbons (Fsp3) is 0.571. The van der Waals surface area contributed by atoms with E-state index in [1.807, 2.05) is 0 Å². The summed E-state index contributed by atoms with van der Waals surface area (Å²) in [6.45, 7) is 3.41. The molecule has 1 heterocycles. The number of hydrogen-bond acceptors (Lipinski definition) is 2. The van der Waals surface area contributed by atoms with E-state index in [1.165, 1.54) is 46.0 Å². The van der Waals surface area contributed by atoms with E-state index in [2.05, 4.69) is 66.9 Å². The minimum absolute atomic E-state index is 0.400. The Kier molecular flexibility index (Phi) is 3.87. The van der Waals surface area contributed by atoms with Gasteiger partial charge in [0.1, 0.15) is 0 Å². The van der Waals surface area contributed by atoms with Crippen molar-refractivity contribution in [2.45, 2.75) is 31.2 Å². The van der Waals surface area contributed by atoms with Gasteiger partial charge in [0, 0.05) is 38.9 Å². The monoisotopic (exact) mass is 420 g/mol. The molecule has 1 aliphatic heterocycles. The average molecular weight is 421 g/mol. The first-order valence-electron chi connectivity index (χ1n) is 6.64. The van der Waals surface area contributed by atoms with Crippen molar-refractivity contribution < 1.29 is 0 Å². The van der Waals surface area contributed by atoms with Crippen LogP contribution in [0.15, 0.2) is 22.7 Å². The molecule has 0 radical (unpaired) electrons. The second-order valence-corrected chi connectivity index (χ2v) is 7.45. The Morgan fingerprint density at radius 1 is 1.28 bits per heavy atom. The van der Waals surface area contributed by atoms with Crippen LogP contribution in [0.4, 0.5) is 5.69 Å². The molecule has 1 saturated heterocycles. The summed E-state index contributed by atoms with van der Waals surface area (Å²) in [5.74, 6) is 0. The molecule has 3 rings (SSSR count). The number of piperazine rings is 1. The molecule has 0 bridgehead atoms. The number of anilines is 1. The highest BCUT2D eigenvalue weighted by atomic mass is 127. The molecule has 0 unspecified atom stereocenters. The number of nitrogens with one attached hydrogen (secondary N) is 1. The van der Waals surface area contributed by atoms with E-state index in [0.29, 0.717) is 5.54 Å². The first kappa shape index (κ1) is 13.2. The van der Waals surface area contributed by atoms with Crippen LogP contribution in [0.3, 0.4) is 0 Å². The molecule has 0 amide bonds. The zero-order valence-electron chi connectivity index (χ0n) is 10.4. The molecular formula is C14H18BrIN2. The Balaban J connectivity index is 1.81. The third-order valence-electron chi connectivity index (χ3n) is 4.20. The Morgan fingerprint density at radius 3 is 2.78 bits per heavy atom. The highest BCUT2D eigenvalue weighted by Gasteiger charge is 2.37. The van der Waals surface area contributed by atoms with Gasteiger partial charge in [-0.2, -0.15) is 0 Å². The number of rotatable bonds is 1. The van der Waals surface area contributed by atoms with Gasteiger partial charge in [0.05, 0.1) is 0 Å². The molecule has 2 fully saturated rings. The van der Waals surface area contributed by atoms with Crippen molar-refractivity contribution in [3.8, 4) is 0 Å². The summed E-state index contributed by atoms with van der Waals surface area (Å²) in [6.07, 6.45) is 5.46. The fourth-order valence-electron chi connectivity index (χ4n) is 3.25. The molecule has 1 aromatic carbocycles. The van der Waals surface area contributed by atoms with Crippen LogP contribution in [0.1, 0.15) is 25.7 Å². The summed E-state index contributed by atoms with van der Waals surface area (Å²) < 4.78 is 2.49. The van der Waals surface area contributed by atoms with Crippen molar-refractivity contribution in [2.24, 2.45) is 0 Å². The van der Waals surface area contributed by atoms with Crippen LogP contribution in [0, 0.1) is 3.57 Å². The maximum Gasteiger partial charge on any atom is 0.0378 e. The molecular weight excluding hydrogens is 403 g/mol.